The van der Waals surface area contributed by atoms with Crippen LogP contribution in [0.4, 0.5) is 0 Å². The molecule has 1 fully saturated rings. The second-order valence-electron chi connectivity index (χ2n) is 5.17. The van der Waals surface area contributed by atoms with Crippen molar-refractivity contribution in [2.45, 2.75) is 47.0 Å². The van der Waals surface area contributed by atoms with Crippen LogP contribution >= 0.6 is 0 Å². The summed E-state index contributed by atoms with van der Waals surface area (Å²) in [5.41, 5.74) is -0.0680. The Morgan fingerprint density at radius 2 is 2.14 bits per heavy atom. The molecule has 0 spiro atoms. The third-order valence-electron chi connectivity index (χ3n) is 3.64. The lowest BCUT2D eigenvalue weighted by molar-refractivity contribution is -0.122. The third kappa shape index (κ3) is 2.26. The van der Waals surface area contributed by atoms with E-state index in [4.69, 9.17) is 0 Å². The number of allylic oxidation sites excluding steroid dienone is 2. The third-order valence-corrected chi connectivity index (χ3v) is 3.64. The smallest absolute Gasteiger partial charge is 0.161 e. The highest BCUT2D eigenvalue weighted by Gasteiger charge is 2.40. The van der Waals surface area contributed by atoms with Crippen molar-refractivity contribution in [3.8, 4) is 0 Å². The van der Waals surface area contributed by atoms with E-state index in [9.17, 15) is 4.79 Å². The van der Waals surface area contributed by atoms with Crippen molar-refractivity contribution in [1.29, 1.82) is 0 Å². The standard InChI is InChI=1S/C13H22O/c1-5-6-12(14)13(4)8-7-11(9-13)10(2)3/h5-6,10-11H,7-9H2,1-4H3/b6-5+/t11-,13+/m0/s1. The Bertz CT molecular complexity index is 240. The highest BCUT2D eigenvalue weighted by atomic mass is 16.1. The summed E-state index contributed by atoms with van der Waals surface area (Å²) >= 11 is 0. The molecule has 2 atom stereocenters. The van der Waals surface area contributed by atoms with Crippen molar-refractivity contribution in [2.75, 3.05) is 0 Å². The summed E-state index contributed by atoms with van der Waals surface area (Å²) in [5.74, 6) is 1.78. The van der Waals surface area contributed by atoms with E-state index in [1.54, 1.807) is 6.08 Å². The van der Waals surface area contributed by atoms with Gasteiger partial charge in [0, 0.05) is 5.41 Å². The molecular weight excluding hydrogens is 172 g/mol. The van der Waals surface area contributed by atoms with Gasteiger partial charge in [0.05, 0.1) is 0 Å². The van der Waals surface area contributed by atoms with Gasteiger partial charge >= 0.3 is 0 Å². The fraction of sp³-hybridized carbons (Fsp3) is 0.769. The number of hydrogen-bond donors (Lipinski definition) is 0. The lowest BCUT2D eigenvalue weighted by atomic mass is 9.81. The average Bonchev–Trinajstić information content (AvgIpc) is 2.50. The molecular formula is C13H22O. The summed E-state index contributed by atoms with van der Waals surface area (Å²) in [6.07, 6.45) is 6.96. The first kappa shape index (κ1) is 11.5. The van der Waals surface area contributed by atoms with E-state index in [0.717, 1.165) is 24.7 Å². The van der Waals surface area contributed by atoms with Gasteiger partial charge in [-0.15, -0.1) is 0 Å². The molecule has 1 rings (SSSR count). The van der Waals surface area contributed by atoms with Crippen LogP contribution in [0.25, 0.3) is 0 Å². The highest BCUT2D eigenvalue weighted by molar-refractivity contribution is 5.94. The van der Waals surface area contributed by atoms with Crippen LogP contribution in [0.15, 0.2) is 12.2 Å². The van der Waals surface area contributed by atoms with Crippen LogP contribution in [0.1, 0.15) is 47.0 Å². The minimum absolute atomic E-state index is 0.0680. The Hall–Kier alpha value is -0.590. The van der Waals surface area contributed by atoms with E-state index >= 15 is 0 Å². The van der Waals surface area contributed by atoms with Crippen molar-refractivity contribution in [1.82, 2.24) is 0 Å². The zero-order chi connectivity index (χ0) is 10.8. The maximum atomic E-state index is 11.8. The summed E-state index contributed by atoms with van der Waals surface area (Å²) in [5, 5.41) is 0. The molecule has 0 amide bonds. The van der Waals surface area contributed by atoms with Gasteiger partial charge in [-0.3, -0.25) is 4.79 Å². The summed E-state index contributed by atoms with van der Waals surface area (Å²) in [6.45, 7) is 8.56. The monoisotopic (exact) mass is 194 g/mol. The second kappa shape index (κ2) is 4.29. The quantitative estimate of drug-likeness (QED) is 0.627. The average molecular weight is 194 g/mol. The molecule has 0 aliphatic heterocycles. The Kier molecular flexibility index (Phi) is 3.52. The number of carbonyl (C=O) groups is 1. The van der Waals surface area contributed by atoms with Crippen molar-refractivity contribution in [3.05, 3.63) is 12.2 Å². The van der Waals surface area contributed by atoms with Crippen LogP contribution in [0.3, 0.4) is 0 Å². The maximum absolute atomic E-state index is 11.8. The van der Waals surface area contributed by atoms with Crippen molar-refractivity contribution < 1.29 is 4.79 Å². The molecule has 1 aliphatic carbocycles. The van der Waals surface area contributed by atoms with Gasteiger partial charge in [-0.2, -0.15) is 0 Å². The highest BCUT2D eigenvalue weighted by Crippen LogP contribution is 2.45. The fourth-order valence-electron chi connectivity index (χ4n) is 2.43. The lowest BCUT2D eigenvalue weighted by Gasteiger charge is -2.21. The van der Waals surface area contributed by atoms with E-state index in [0.29, 0.717) is 5.78 Å². The number of carbonyl (C=O) groups excluding carboxylic acids is 1. The Balaban J connectivity index is 2.66. The van der Waals surface area contributed by atoms with Gasteiger partial charge in [0.25, 0.3) is 0 Å². The van der Waals surface area contributed by atoms with Crippen LogP contribution in [-0.4, -0.2) is 5.78 Å². The lowest BCUT2D eigenvalue weighted by Crippen LogP contribution is -2.23. The molecule has 0 unspecified atom stereocenters. The Morgan fingerprint density at radius 3 is 2.57 bits per heavy atom. The van der Waals surface area contributed by atoms with E-state index in [-0.39, 0.29) is 5.41 Å². The largest absolute Gasteiger partial charge is 0.294 e. The molecule has 80 valence electrons. The number of ketones is 1. The maximum Gasteiger partial charge on any atom is 0.161 e. The minimum atomic E-state index is -0.0680. The molecule has 0 saturated heterocycles. The first-order valence-electron chi connectivity index (χ1n) is 5.67. The van der Waals surface area contributed by atoms with E-state index in [1.165, 1.54) is 6.42 Å². The second-order valence-corrected chi connectivity index (χ2v) is 5.17. The van der Waals surface area contributed by atoms with Gasteiger partial charge in [-0.1, -0.05) is 26.8 Å². The number of rotatable bonds is 3. The van der Waals surface area contributed by atoms with E-state index in [1.807, 2.05) is 13.0 Å². The molecule has 1 heteroatoms. The van der Waals surface area contributed by atoms with Crippen LogP contribution < -0.4 is 0 Å². The molecule has 1 nitrogen and oxygen atoms in total. The molecule has 0 aromatic carbocycles. The van der Waals surface area contributed by atoms with Crippen molar-refractivity contribution in [3.63, 3.8) is 0 Å². The summed E-state index contributed by atoms with van der Waals surface area (Å²) < 4.78 is 0. The molecule has 0 radical (unpaired) electrons. The first-order valence-corrected chi connectivity index (χ1v) is 5.67. The summed E-state index contributed by atoms with van der Waals surface area (Å²) in [6, 6.07) is 0. The van der Waals surface area contributed by atoms with Crippen molar-refractivity contribution in [2.24, 2.45) is 17.3 Å². The topological polar surface area (TPSA) is 17.1 Å². The molecule has 0 aromatic rings. The first-order chi connectivity index (χ1) is 6.49. The zero-order valence-corrected chi connectivity index (χ0v) is 9.84. The Morgan fingerprint density at radius 1 is 1.50 bits per heavy atom. The fourth-order valence-corrected chi connectivity index (χ4v) is 2.43. The van der Waals surface area contributed by atoms with Crippen LogP contribution in [0.2, 0.25) is 0 Å². The molecule has 1 saturated carbocycles. The molecule has 0 N–H and O–H groups in total. The summed E-state index contributed by atoms with van der Waals surface area (Å²) in [4.78, 5) is 11.8. The SMILES string of the molecule is C/C=C/C(=O)[C@]1(C)CC[C@H](C(C)C)C1. The van der Waals surface area contributed by atoms with Gasteiger partial charge in [0.15, 0.2) is 5.78 Å². The van der Waals surface area contributed by atoms with Crippen LogP contribution in [0.5, 0.6) is 0 Å². The van der Waals surface area contributed by atoms with E-state index < -0.39 is 0 Å². The van der Waals surface area contributed by atoms with Gasteiger partial charge in [-0.25, -0.2) is 0 Å². The minimum Gasteiger partial charge on any atom is -0.294 e. The van der Waals surface area contributed by atoms with Crippen LogP contribution in [-0.2, 0) is 4.79 Å². The molecule has 0 bridgehead atoms. The number of hydrogen-bond acceptors (Lipinski definition) is 1. The molecule has 0 heterocycles. The molecule has 1 aliphatic rings. The van der Waals surface area contributed by atoms with Crippen molar-refractivity contribution >= 4 is 5.78 Å². The van der Waals surface area contributed by atoms with Gasteiger partial charge in [-0.05, 0) is 44.1 Å². The zero-order valence-electron chi connectivity index (χ0n) is 9.84. The predicted molar refractivity (Wildman–Crippen MR) is 60.1 cm³/mol. The predicted octanol–water partition coefficient (Wildman–Crippen LogP) is 3.59. The Labute approximate surface area is 87.6 Å². The van der Waals surface area contributed by atoms with Gasteiger partial charge in [0.2, 0.25) is 0 Å². The van der Waals surface area contributed by atoms with Gasteiger partial charge < -0.3 is 0 Å². The van der Waals surface area contributed by atoms with Gasteiger partial charge in [0.1, 0.15) is 0 Å². The molecule has 14 heavy (non-hydrogen) atoms. The summed E-state index contributed by atoms with van der Waals surface area (Å²) in [7, 11) is 0. The van der Waals surface area contributed by atoms with Crippen LogP contribution in [0, 0.1) is 17.3 Å². The molecule has 0 aromatic heterocycles. The normalized spacial score (nSPS) is 33.1. The van der Waals surface area contributed by atoms with E-state index in [2.05, 4.69) is 20.8 Å².